The summed E-state index contributed by atoms with van der Waals surface area (Å²) in [5.41, 5.74) is 4.45. The highest BCUT2D eigenvalue weighted by molar-refractivity contribution is 9.10. The van der Waals surface area contributed by atoms with Crippen molar-refractivity contribution in [3.8, 4) is 0 Å². The maximum atomic E-state index is 12.4. The molecular weight excluding hydrogens is 314 g/mol. The van der Waals surface area contributed by atoms with Gasteiger partial charge >= 0.3 is 0 Å². The van der Waals surface area contributed by atoms with Crippen molar-refractivity contribution in [2.45, 2.75) is 25.8 Å². The highest BCUT2D eigenvalue weighted by atomic mass is 79.9. The van der Waals surface area contributed by atoms with Crippen molar-refractivity contribution < 1.29 is 4.79 Å². The van der Waals surface area contributed by atoms with Crippen molar-refractivity contribution in [2.75, 3.05) is 0 Å². The first-order valence-corrected chi connectivity index (χ1v) is 7.56. The number of amides is 1. The molecule has 0 saturated carbocycles. The van der Waals surface area contributed by atoms with Gasteiger partial charge in [0.15, 0.2) is 0 Å². The summed E-state index contributed by atoms with van der Waals surface area (Å²) in [6, 6.07) is 14.4. The Hall–Kier alpha value is -1.61. The summed E-state index contributed by atoms with van der Waals surface area (Å²) in [6.07, 6.45) is 1.85. The molecule has 0 spiro atoms. The molecule has 0 bridgehead atoms. The second-order valence-electron chi connectivity index (χ2n) is 5.31. The molecule has 1 aliphatic carbocycles. The molecule has 0 heterocycles. The van der Waals surface area contributed by atoms with E-state index in [1.807, 2.05) is 25.1 Å². The number of fused-ring (bicyclic) bond motifs is 1. The van der Waals surface area contributed by atoms with E-state index in [2.05, 4.69) is 45.5 Å². The molecule has 0 aromatic heterocycles. The minimum Gasteiger partial charge on any atom is -0.349 e. The van der Waals surface area contributed by atoms with Crippen LogP contribution in [0, 0.1) is 6.92 Å². The van der Waals surface area contributed by atoms with Crippen LogP contribution < -0.4 is 5.32 Å². The van der Waals surface area contributed by atoms with Crippen LogP contribution in [0.3, 0.4) is 0 Å². The van der Waals surface area contributed by atoms with Gasteiger partial charge in [0.25, 0.3) is 5.91 Å². The Labute approximate surface area is 127 Å². The third-order valence-electron chi connectivity index (χ3n) is 3.83. The van der Waals surface area contributed by atoms with Gasteiger partial charge in [-0.25, -0.2) is 0 Å². The molecule has 1 amide bonds. The molecule has 0 fully saturated rings. The maximum absolute atomic E-state index is 12.4. The van der Waals surface area contributed by atoms with Crippen LogP contribution in [0.1, 0.15) is 27.0 Å². The van der Waals surface area contributed by atoms with Crippen molar-refractivity contribution in [3.63, 3.8) is 0 Å². The lowest BCUT2D eigenvalue weighted by Crippen LogP contribution is -2.35. The Morgan fingerprint density at radius 2 is 1.80 bits per heavy atom. The van der Waals surface area contributed by atoms with Crippen LogP contribution in [0.2, 0.25) is 0 Å². The van der Waals surface area contributed by atoms with Crippen LogP contribution in [-0.2, 0) is 12.8 Å². The second-order valence-corrected chi connectivity index (χ2v) is 6.22. The van der Waals surface area contributed by atoms with Crippen molar-refractivity contribution in [1.82, 2.24) is 5.32 Å². The summed E-state index contributed by atoms with van der Waals surface area (Å²) >= 11 is 3.42. The van der Waals surface area contributed by atoms with E-state index in [-0.39, 0.29) is 11.9 Å². The number of halogens is 1. The van der Waals surface area contributed by atoms with Crippen LogP contribution in [0.15, 0.2) is 46.9 Å². The SMILES string of the molecule is Cc1ccc(Br)cc1C(=O)NC1Cc2ccccc2C1. The van der Waals surface area contributed by atoms with E-state index in [1.165, 1.54) is 11.1 Å². The van der Waals surface area contributed by atoms with Gasteiger partial charge in [-0.05, 0) is 48.6 Å². The zero-order chi connectivity index (χ0) is 14.1. The Morgan fingerprint density at radius 3 is 2.45 bits per heavy atom. The zero-order valence-corrected chi connectivity index (χ0v) is 12.9. The molecule has 0 atom stereocenters. The molecule has 0 saturated heterocycles. The van der Waals surface area contributed by atoms with E-state index < -0.39 is 0 Å². The van der Waals surface area contributed by atoms with Crippen molar-refractivity contribution in [1.29, 1.82) is 0 Å². The van der Waals surface area contributed by atoms with Gasteiger partial charge in [-0.3, -0.25) is 4.79 Å². The summed E-state index contributed by atoms with van der Waals surface area (Å²) in [4.78, 5) is 12.4. The molecule has 3 rings (SSSR count). The Kier molecular flexibility index (Phi) is 3.62. The molecule has 102 valence electrons. The van der Waals surface area contributed by atoms with Crippen molar-refractivity contribution in [3.05, 3.63) is 69.2 Å². The van der Waals surface area contributed by atoms with Crippen LogP contribution in [0.4, 0.5) is 0 Å². The first-order chi connectivity index (χ1) is 9.63. The first-order valence-electron chi connectivity index (χ1n) is 6.77. The van der Waals surface area contributed by atoms with Crippen LogP contribution in [0.5, 0.6) is 0 Å². The summed E-state index contributed by atoms with van der Waals surface area (Å²) in [7, 11) is 0. The summed E-state index contributed by atoms with van der Waals surface area (Å²) < 4.78 is 0.933. The lowest BCUT2D eigenvalue weighted by molar-refractivity contribution is 0.0938. The fraction of sp³-hybridized carbons (Fsp3) is 0.235. The first kappa shape index (κ1) is 13.4. The molecule has 1 N–H and O–H groups in total. The lowest BCUT2D eigenvalue weighted by Gasteiger charge is -2.13. The molecule has 1 aliphatic rings. The topological polar surface area (TPSA) is 29.1 Å². The van der Waals surface area contributed by atoms with Crippen LogP contribution in [-0.4, -0.2) is 11.9 Å². The van der Waals surface area contributed by atoms with Crippen molar-refractivity contribution >= 4 is 21.8 Å². The van der Waals surface area contributed by atoms with Gasteiger partial charge < -0.3 is 5.32 Å². The fourth-order valence-electron chi connectivity index (χ4n) is 2.76. The highest BCUT2D eigenvalue weighted by Crippen LogP contribution is 2.22. The Balaban J connectivity index is 1.74. The normalized spacial score (nSPS) is 14.1. The van der Waals surface area contributed by atoms with E-state index >= 15 is 0 Å². The van der Waals surface area contributed by atoms with E-state index in [1.54, 1.807) is 0 Å². The van der Waals surface area contributed by atoms with E-state index in [0.29, 0.717) is 0 Å². The molecule has 2 nitrogen and oxygen atoms in total. The molecule has 2 aromatic rings. The number of aryl methyl sites for hydroxylation is 1. The van der Waals surface area contributed by atoms with Gasteiger partial charge in [0, 0.05) is 16.1 Å². The zero-order valence-electron chi connectivity index (χ0n) is 11.3. The molecule has 20 heavy (non-hydrogen) atoms. The predicted molar refractivity (Wildman–Crippen MR) is 84.0 cm³/mol. The monoisotopic (exact) mass is 329 g/mol. The summed E-state index contributed by atoms with van der Waals surface area (Å²) in [5, 5.41) is 3.15. The molecule has 0 radical (unpaired) electrons. The van der Waals surface area contributed by atoms with Gasteiger partial charge in [-0.1, -0.05) is 46.3 Å². The highest BCUT2D eigenvalue weighted by Gasteiger charge is 2.23. The number of carbonyl (C=O) groups excluding carboxylic acids is 1. The maximum Gasteiger partial charge on any atom is 0.251 e. The van der Waals surface area contributed by atoms with E-state index in [4.69, 9.17) is 0 Å². The average Bonchev–Trinajstić information content (AvgIpc) is 2.83. The summed E-state index contributed by atoms with van der Waals surface area (Å²) in [6.45, 7) is 1.96. The van der Waals surface area contributed by atoms with Crippen LogP contribution >= 0.6 is 15.9 Å². The molecular formula is C17H16BrNO. The number of carbonyl (C=O) groups is 1. The molecule has 2 aromatic carbocycles. The molecule has 0 aliphatic heterocycles. The lowest BCUT2D eigenvalue weighted by atomic mass is 10.1. The van der Waals surface area contributed by atoms with Gasteiger partial charge in [-0.2, -0.15) is 0 Å². The third-order valence-corrected chi connectivity index (χ3v) is 4.32. The summed E-state index contributed by atoms with van der Waals surface area (Å²) in [5.74, 6) is 0.0154. The predicted octanol–water partition coefficient (Wildman–Crippen LogP) is 3.65. The van der Waals surface area contributed by atoms with E-state index in [0.717, 1.165) is 28.4 Å². The van der Waals surface area contributed by atoms with E-state index in [9.17, 15) is 4.79 Å². The van der Waals surface area contributed by atoms with Crippen LogP contribution in [0.25, 0.3) is 0 Å². The number of hydrogen-bond donors (Lipinski definition) is 1. The standard InChI is InChI=1S/C17H16BrNO/c1-11-6-7-14(18)10-16(11)17(20)19-15-8-12-4-2-3-5-13(12)9-15/h2-7,10,15H,8-9H2,1H3,(H,19,20). The number of rotatable bonds is 2. The Bertz CT molecular complexity index is 641. The Morgan fingerprint density at radius 1 is 1.15 bits per heavy atom. The smallest absolute Gasteiger partial charge is 0.251 e. The molecule has 0 unspecified atom stereocenters. The van der Waals surface area contributed by atoms with Gasteiger partial charge in [0.1, 0.15) is 0 Å². The number of benzene rings is 2. The number of hydrogen-bond acceptors (Lipinski definition) is 1. The minimum atomic E-state index is 0.0154. The molecule has 3 heteroatoms. The minimum absolute atomic E-state index is 0.0154. The largest absolute Gasteiger partial charge is 0.349 e. The number of nitrogens with one attached hydrogen (secondary N) is 1. The fourth-order valence-corrected chi connectivity index (χ4v) is 3.12. The second kappa shape index (κ2) is 5.41. The quantitative estimate of drug-likeness (QED) is 0.895. The van der Waals surface area contributed by atoms with Gasteiger partial charge in [0.2, 0.25) is 0 Å². The third kappa shape index (κ3) is 2.63. The van der Waals surface area contributed by atoms with Gasteiger partial charge in [0.05, 0.1) is 0 Å². The van der Waals surface area contributed by atoms with Gasteiger partial charge in [-0.15, -0.1) is 0 Å². The van der Waals surface area contributed by atoms with Crippen molar-refractivity contribution in [2.24, 2.45) is 0 Å². The average molecular weight is 330 g/mol.